The second-order valence-corrected chi connectivity index (χ2v) is 4.67. The van der Waals surface area contributed by atoms with Crippen molar-refractivity contribution in [3.63, 3.8) is 0 Å². The summed E-state index contributed by atoms with van der Waals surface area (Å²) < 4.78 is 0.806. The Balaban J connectivity index is 1.76. The number of carbonyl (C=O) groups excluding carboxylic acids is 2. The number of hydrogen-bond donors (Lipinski definition) is 3. The molecule has 0 aliphatic heterocycles. The molecule has 5 nitrogen and oxygen atoms in total. The summed E-state index contributed by atoms with van der Waals surface area (Å²) in [6.07, 6.45) is 3.76. The molecule has 0 aromatic carbocycles. The molecule has 2 rings (SSSR count). The first kappa shape index (κ1) is 11.2. The van der Waals surface area contributed by atoms with Crippen molar-refractivity contribution >= 4 is 27.7 Å². The Morgan fingerprint density at radius 1 is 1.50 bits per heavy atom. The quantitative estimate of drug-likeness (QED) is 0.765. The summed E-state index contributed by atoms with van der Waals surface area (Å²) in [6, 6.07) is 1.98. The van der Waals surface area contributed by atoms with E-state index in [2.05, 4.69) is 31.5 Å². The predicted molar refractivity (Wildman–Crippen MR) is 62.0 cm³/mol. The van der Waals surface area contributed by atoms with Crippen LogP contribution in [-0.4, -0.2) is 29.4 Å². The van der Waals surface area contributed by atoms with Gasteiger partial charge >= 0.3 is 0 Å². The summed E-state index contributed by atoms with van der Waals surface area (Å²) in [4.78, 5) is 25.6. The van der Waals surface area contributed by atoms with Gasteiger partial charge in [-0.05, 0) is 34.8 Å². The zero-order valence-electron chi connectivity index (χ0n) is 8.55. The number of halogens is 1. The van der Waals surface area contributed by atoms with E-state index in [1.54, 1.807) is 12.3 Å². The van der Waals surface area contributed by atoms with Crippen LogP contribution in [0.25, 0.3) is 0 Å². The predicted octanol–water partition coefficient (Wildman–Crippen LogP) is 0.786. The minimum atomic E-state index is -0.281. The minimum absolute atomic E-state index is 0.0198. The largest absolute Gasteiger partial charge is 0.356 e. The monoisotopic (exact) mass is 285 g/mol. The Bertz CT molecular complexity index is 412. The fourth-order valence-electron chi connectivity index (χ4n) is 1.26. The first-order chi connectivity index (χ1) is 7.65. The highest BCUT2D eigenvalue weighted by Gasteiger charge is 2.23. The van der Waals surface area contributed by atoms with Crippen molar-refractivity contribution in [2.24, 2.45) is 0 Å². The van der Waals surface area contributed by atoms with E-state index in [4.69, 9.17) is 0 Å². The van der Waals surface area contributed by atoms with Crippen LogP contribution in [0.1, 0.15) is 23.3 Å². The van der Waals surface area contributed by atoms with Crippen LogP contribution in [-0.2, 0) is 4.79 Å². The van der Waals surface area contributed by atoms with Crippen LogP contribution in [0.5, 0.6) is 0 Å². The molecule has 1 aromatic heterocycles. The van der Waals surface area contributed by atoms with Gasteiger partial charge in [-0.2, -0.15) is 0 Å². The van der Waals surface area contributed by atoms with Crippen molar-refractivity contribution in [2.45, 2.75) is 18.9 Å². The van der Waals surface area contributed by atoms with E-state index < -0.39 is 0 Å². The summed E-state index contributed by atoms with van der Waals surface area (Å²) in [5, 5.41) is 5.33. The molecule has 2 amide bonds. The second kappa shape index (κ2) is 4.69. The van der Waals surface area contributed by atoms with Gasteiger partial charge in [-0.25, -0.2) is 0 Å². The third kappa shape index (κ3) is 3.10. The number of nitrogens with one attached hydrogen (secondary N) is 3. The molecule has 6 heteroatoms. The van der Waals surface area contributed by atoms with Crippen LogP contribution in [0.15, 0.2) is 16.7 Å². The van der Waals surface area contributed by atoms with Gasteiger partial charge in [0.2, 0.25) is 5.91 Å². The lowest BCUT2D eigenvalue weighted by Gasteiger charge is -2.04. The average Bonchev–Trinajstić information content (AvgIpc) is 2.95. The molecule has 0 unspecified atom stereocenters. The van der Waals surface area contributed by atoms with Gasteiger partial charge in [0.1, 0.15) is 5.69 Å². The molecular weight excluding hydrogens is 274 g/mol. The lowest BCUT2D eigenvalue weighted by molar-refractivity contribution is -0.120. The zero-order valence-corrected chi connectivity index (χ0v) is 10.1. The second-order valence-electron chi connectivity index (χ2n) is 3.76. The highest BCUT2D eigenvalue weighted by atomic mass is 79.9. The molecule has 1 fully saturated rings. The number of hydrogen-bond acceptors (Lipinski definition) is 2. The van der Waals surface area contributed by atoms with Gasteiger partial charge in [-0.1, -0.05) is 0 Å². The van der Waals surface area contributed by atoms with E-state index in [0.29, 0.717) is 11.7 Å². The van der Waals surface area contributed by atoms with Crippen LogP contribution in [0.4, 0.5) is 0 Å². The number of H-pyrrole nitrogens is 1. The first-order valence-corrected chi connectivity index (χ1v) is 5.86. The summed E-state index contributed by atoms with van der Waals surface area (Å²) >= 11 is 3.23. The van der Waals surface area contributed by atoms with Gasteiger partial charge in [0.05, 0.1) is 6.54 Å². The number of carbonyl (C=O) groups is 2. The minimum Gasteiger partial charge on any atom is -0.356 e. The van der Waals surface area contributed by atoms with Crippen LogP contribution in [0.2, 0.25) is 0 Å². The third-order valence-corrected chi connectivity index (χ3v) is 2.70. The Morgan fingerprint density at radius 3 is 2.81 bits per heavy atom. The van der Waals surface area contributed by atoms with Crippen molar-refractivity contribution in [2.75, 3.05) is 6.54 Å². The molecule has 0 radical (unpaired) electrons. The molecule has 0 saturated heterocycles. The molecule has 1 saturated carbocycles. The van der Waals surface area contributed by atoms with E-state index in [1.165, 1.54) is 0 Å². The fourth-order valence-corrected chi connectivity index (χ4v) is 1.60. The summed E-state index contributed by atoms with van der Waals surface area (Å²) in [7, 11) is 0. The number of amides is 2. The Kier molecular flexibility index (Phi) is 3.28. The standard InChI is InChI=1S/C10H12BrN3O2/c11-6-3-8(12-4-6)10(16)13-5-9(15)14-7-1-2-7/h3-4,7,12H,1-2,5H2,(H,13,16)(H,14,15). The van der Waals surface area contributed by atoms with E-state index >= 15 is 0 Å². The lowest BCUT2D eigenvalue weighted by atomic mass is 10.4. The summed E-state index contributed by atoms with van der Waals surface area (Å²) in [6.45, 7) is 0.0198. The molecule has 1 aliphatic rings. The number of rotatable bonds is 4. The topological polar surface area (TPSA) is 74.0 Å². The molecule has 1 aliphatic carbocycles. The first-order valence-electron chi connectivity index (χ1n) is 5.06. The van der Waals surface area contributed by atoms with Gasteiger partial charge < -0.3 is 15.6 Å². The zero-order chi connectivity index (χ0) is 11.5. The maximum absolute atomic E-state index is 11.5. The van der Waals surface area contributed by atoms with Crippen LogP contribution in [0.3, 0.4) is 0 Å². The van der Waals surface area contributed by atoms with E-state index in [1.807, 2.05) is 0 Å². The molecule has 0 bridgehead atoms. The SMILES string of the molecule is O=C(CNC(=O)c1cc(Br)c[nH]1)NC1CC1. The molecule has 1 aromatic rings. The van der Waals surface area contributed by atoms with Gasteiger partial charge in [0, 0.05) is 16.7 Å². The smallest absolute Gasteiger partial charge is 0.268 e. The van der Waals surface area contributed by atoms with Crippen molar-refractivity contribution < 1.29 is 9.59 Å². The summed E-state index contributed by atoms with van der Waals surface area (Å²) in [5.41, 5.74) is 0.436. The normalized spacial score (nSPS) is 14.6. The van der Waals surface area contributed by atoms with Gasteiger partial charge in [-0.3, -0.25) is 9.59 Å². The van der Waals surface area contributed by atoms with Crippen LogP contribution < -0.4 is 10.6 Å². The Labute approximate surface area is 101 Å². The van der Waals surface area contributed by atoms with Crippen molar-refractivity contribution in [3.05, 3.63) is 22.4 Å². The molecule has 3 N–H and O–H groups in total. The van der Waals surface area contributed by atoms with E-state index in [-0.39, 0.29) is 18.4 Å². The van der Waals surface area contributed by atoms with Crippen molar-refractivity contribution in [1.82, 2.24) is 15.6 Å². The van der Waals surface area contributed by atoms with E-state index in [0.717, 1.165) is 17.3 Å². The van der Waals surface area contributed by atoms with Crippen molar-refractivity contribution in [3.8, 4) is 0 Å². The van der Waals surface area contributed by atoms with Gasteiger partial charge in [0.15, 0.2) is 0 Å². The molecule has 16 heavy (non-hydrogen) atoms. The van der Waals surface area contributed by atoms with Crippen molar-refractivity contribution in [1.29, 1.82) is 0 Å². The molecule has 0 spiro atoms. The van der Waals surface area contributed by atoms with Crippen LogP contribution >= 0.6 is 15.9 Å². The fraction of sp³-hybridized carbons (Fsp3) is 0.400. The van der Waals surface area contributed by atoms with Gasteiger partial charge in [0.25, 0.3) is 5.91 Å². The maximum atomic E-state index is 11.5. The number of aromatic nitrogens is 1. The van der Waals surface area contributed by atoms with Gasteiger partial charge in [-0.15, -0.1) is 0 Å². The highest BCUT2D eigenvalue weighted by Crippen LogP contribution is 2.18. The Morgan fingerprint density at radius 2 is 2.25 bits per heavy atom. The Hall–Kier alpha value is -1.30. The molecule has 1 heterocycles. The number of aromatic amines is 1. The average molecular weight is 286 g/mol. The van der Waals surface area contributed by atoms with Crippen LogP contribution in [0, 0.1) is 0 Å². The highest BCUT2D eigenvalue weighted by molar-refractivity contribution is 9.10. The molecule has 0 atom stereocenters. The third-order valence-electron chi connectivity index (χ3n) is 2.24. The maximum Gasteiger partial charge on any atom is 0.268 e. The lowest BCUT2D eigenvalue weighted by Crippen LogP contribution is -2.37. The molecular formula is C10H12BrN3O2. The summed E-state index contributed by atoms with van der Waals surface area (Å²) in [5.74, 6) is -0.418. The van der Waals surface area contributed by atoms with E-state index in [9.17, 15) is 9.59 Å². The molecule has 86 valence electrons.